The summed E-state index contributed by atoms with van der Waals surface area (Å²) in [6.45, 7) is 0. The minimum Gasteiger partial charge on any atom is -0.438 e. The molecule has 0 atom stereocenters. The average Bonchev–Trinajstić information content (AvgIpc) is 2.72. The predicted molar refractivity (Wildman–Crippen MR) is 104 cm³/mol. The van der Waals surface area contributed by atoms with Crippen molar-refractivity contribution in [1.29, 1.82) is 0 Å². The molecular weight excluding hydrogens is 455 g/mol. The van der Waals surface area contributed by atoms with Gasteiger partial charge in [0.2, 0.25) is 20.9 Å². The summed E-state index contributed by atoms with van der Waals surface area (Å²) in [7, 11) is -3.84. The van der Waals surface area contributed by atoms with Gasteiger partial charge in [0.25, 0.3) is 0 Å². The minimum atomic E-state index is -3.84. The first-order valence-electron chi connectivity index (χ1n) is 8.33. The van der Waals surface area contributed by atoms with Crippen LogP contribution in [0.3, 0.4) is 0 Å². The molecule has 9 nitrogen and oxygen atoms in total. The Bertz CT molecular complexity index is 1250. The van der Waals surface area contributed by atoms with Gasteiger partial charge < -0.3 is 4.74 Å². The summed E-state index contributed by atoms with van der Waals surface area (Å²) in [5.41, 5.74) is -0.428. The molecule has 31 heavy (non-hydrogen) atoms. The number of hydrogen-bond acceptors (Lipinski definition) is 9. The lowest BCUT2D eigenvalue weighted by molar-refractivity contribution is -0.187. The summed E-state index contributed by atoms with van der Waals surface area (Å²) in [6, 6.07) is 10.3. The Hall–Kier alpha value is -3.57. The van der Waals surface area contributed by atoms with Crippen molar-refractivity contribution in [3.8, 4) is 11.6 Å². The number of rotatable bonds is 5. The molecule has 0 aliphatic heterocycles. The number of benzene rings is 2. The zero-order valence-corrected chi connectivity index (χ0v) is 17.2. The van der Waals surface area contributed by atoms with E-state index in [4.69, 9.17) is 16.3 Å². The minimum absolute atomic E-state index is 0.0201. The molecule has 0 amide bonds. The van der Waals surface area contributed by atoms with Crippen molar-refractivity contribution in [3.05, 3.63) is 76.7 Å². The third-order valence-corrected chi connectivity index (χ3v) is 4.66. The second-order valence-corrected chi connectivity index (χ2v) is 8.30. The van der Waals surface area contributed by atoms with Crippen LogP contribution in [0.2, 0.25) is 5.02 Å². The Kier molecular flexibility index (Phi) is 6.47. The van der Waals surface area contributed by atoms with Gasteiger partial charge in [-0.05, 0) is 42.5 Å². The van der Waals surface area contributed by atoms with Gasteiger partial charge in [-0.25, -0.2) is 37.2 Å². The van der Waals surface area contributed by atoms with E-state index in [-0.39, 0.29) is 16.3 Å². The van der Waals surface area contributed by atoms with E-state index in [9.17, 15) is 22.4 Å². The summed E-state index contributed by atoms with van der Waals surface area (Å²) < 4.78 is 42.0. The molecule has 0 saturated heterocycles. The molecule has 0 aliphatic rings. The average molecular weight is 467 g/mol. The SMILES string of the molecule is CS(=O)(=O)c1ncc(C(=O)OOC(=O)c2cccc(Cl)c2)c(Oc2ccc(F)cc2)n1. The van der Waals surface area contributed by atoms with E-state index >= 15 is 0 Å². The molecule has 0 saturated carbocycles. The van der Waals surface area contributed by atoms with E-state index in [0.717, 1.165) is 24.6 Å². The Morgan fingerprint density at radius 3 is 2.35 bits per heavy atom. The van der Waals surface area contributed by atoms with Gasteiger partial charge in [-0.2, -0.15) is 4.98 Å². The second-order valence-electron chi connectivity index (χ2n) is 5.95. The van der Waals surface area contributed by atoms with E-state index < -0.39 is 44.2 Å². The Labute approximate surface area is 180 Å². The maximum Gasteiger partial charge on any atom is 0.393 e. The number of ether oxygens (including phenoxy) is 1. The van der Waals surface area contributed by atoms with Crippen molar-refractivity contribution in [1.82, 2.24) is 9.97 Å². The fourth-order valence-corrected chi connectivity index (χ4v) is 2.83. The fraction of sp³-hybridized carbons (Fsp3) is 0.0526. The van der Waals surface area contributed by atoms with Crippen molar-refractivity contribution in [2.45, 2.75) is 5.16 Å². The van der Waals surface area contributed by atoms with Gasteiger partial charge in [0, 0.05) is 11.3 Å². The van der Waals surface area contributed by atoms with Crippen LogP contribution in [0.15, 0.2) is 59.9 Å². The van der Waals surface area contributed by atoms with E-state index in [1.165, 1.54) is 36.4 Å². The molecular formula is C19H12ClFN2O7S. The van der Waals surface area contributed by atoms with Crippen LogP contribution in [-0.4, -0.2) is 36.6 Å². The van der Waals surface area contributed by atoms with Crippen molar-refractivity contribution in [2.75, 3.05) is 6.26 Å². The third-order valence-electron chi connectivity index (χ3n) is 3.56. The monoisotopic (exact) mass is 466 g/mol. The maximum atomic E-state index is 13.1. The number of nitrogens with zero attached hydrogens (tertiary/aromatic N) is 2. The molecule has 1 heterocycles. The summed E-state index contributed by atoms with van der Waals surface area (Å²) in [4.78, 5) is 40.7. The highest BCUT2D eigenvalue weighted by atomic mass is 35.5. The number of halogens is 2. The number of aromatic nitrogens is 2. The molecule has 0 N–H and O–H groups in total. The lowest BCUT2D eigenvalue weighted by Gasteiger charge is -2.10. The van der Waals surface area contributed by atoms with Crippen LogP contribution in [0.1, 0.15) is 20.7 Å². The summed E-state index contributed by atoms with van der Waals surface area (Å²) in [6.07, 6.45) is 1.69. The number of hydrogen-bond donors (Lipinski definition) is 0. The largest absolute Gasteiger partial charge is 0.438 e. The highest BCUT2D eigenvalue weighted by Crippen LogP contribution is 2.25. The second kappa shape index (κ2) is 9.06. The molecule has 0 spiro atoms. The van der Waals surface area contributed by atoms with E-state index in [0.29, 0.717) is 0 Å². The summed E-state index contributed by atoms with van der Waals surface area (Å²) >= 11 is 5.79. The summed E-state index contributed by atoms with van der Waals surface area (Å²) in [5.74, 6) is -3.26. The molecule has 2 aromatic carbocycles. The zero-order valence-electron chi connectivity index (χ0n) is 15.6. The van der Waals surface area contributed by atoms with Crippen LogP contribution in [0, 0.1) is 5.82 Å². The third kappa shape index (κ3) is 5.74. The molecule has 12 heteroatoms. The first kappa shape index (κ1) is 22.1. The number of carbonyl (C=O) groups excluding carboxylic acids is 2. The van der Waals surface area contributed by atoms with Gasteiger partial charge in [-0.15, -0.1) is 0 Å². The first-order valence-corrected chi connectivity index (χ1v) is 10.6. The topological polar surface area (TPSA) is 122 Å². The first-order chi connectivity index (χ1) is 14.6. The normalized spacial score (nSPS) is 10.9. The fourth-order valence-electron chi connectivity index (χ4n) is 2.15. The van der Waals surface area contributed by atoms with Gasteiger partial charge in [0.15, 0.2) is 0 Å². The van der Waals surface area contributed by atoms with Gasteiger partial charge in [0.1, 0.15) is 17.1 Å². The number of carbonyl (C=O) groups is 2. The lowest BCUT2D eigenvalue weighted by atomic mass is 10.2. The van der Waals surface area contributed by atoms with Crippen molar-refractivity contribution >= 4 is 33.4 Å². The standard InChI is InChI=1S/C19H12ClFN2O7S/c1-31(26,27)19-22-10-15(16(23-19)28-14-7-5-13(21)6-8-14)18(25)30-29-17(24)11-3-2-4-12(20)9-11/h2-10H,1H3. The molecule has 1 aromatic heterocycles. The molecule has 0 bridgehead atoms. The quantitative estimate of drug-likeness (QED) is 0.316. The molecule has 0 unspecified atom stereocenters. The van der Waals surface area contributed by atoms with Crippen LogP contribution in [0.25, 0.3) is 0 Å². The highest BCUT2D eigenvalue weighted by Gasteiger charge is 2.24. The molecule has 0 aliphatic carbocycles. The predicted octanol–water partition coefficient (Wildman–Crippen LogP) is 3.39. The maximum absolute atomic E-state index is 13.1. The van der Waals surface area contributed by atoms with Crippen molar-refractivity contribution < 1.29 is 36.9 Å². The molecule has 3 rings (SSSR count). The van der Waals surface area contributed by atoms with E-state index in [1.807, 2.05) is 0 Å². The van der Waals surface area contributed by atoms with Crippen LogP contribution < -0.4 is 4.74 Å². The Balaban J connectivity index is 1.85. The van der Waals surface area contributed by atoms with Crippen LogP contribution in [-0.2, 0) is 19.6 Å². The van der Waals surface area contributed by atoms with Gasteiger partial charge in [-0.3, -0.25) is 0 Å². The lowest BCUT2D eigenvalue weighted by Crippen LogP contribution is -2.15. The number of sulfone groups is 1. The zero-order chi connectivity index (χ0) is 22.6. The van der Waals surface area contributed by atoms with Gasteiger partial charge in [0.05, 0.1) is 11.8 Å². The molecule has 0 fully saturated rings. The van der Waals surface area contributed by atoms with Crippen molar-refractivity contribution in [2.24, 2.45) is 0 Å². The van der Waals surface area contributed by atoms with Crippen molar-refractivity contribution in [3.63, 3.8) is 0 Å². The smallest absolute Gasteiger partial charge is 0.393 e. The van der Waals surface area contributed by atoms with Gasteiger partial charge >= 0.3 is 11.9 Å². The highest BCUT2D eigenvalue weighted by molar-refractivity contribution is 7.90. The Morgan fingerprint density at radius 1 is 1.03 bits per heavy atom. The van der Waals surface area contributed by atoms with E-state index in [1.54, 1.807) is 0 Å². The molecule has 0 radical (unpaired) electrons. The molecule has 3 aromatic rings. The molecule has 160 valence electrons. The van der Waals surface area contributed by atoms with Crippen LogP contribution in [0.5, 0.6) is 11.6 Å². The Morgan fingerprint density at radius 2 is 1.71 bits per heavy atom. The van der Waals surface area contributed by atoms with Gasteiger partial charge in [-0.1, -0.05) is 17.7 Å². The summed E-state index contributed by atoms with van der Waals surface area (Å²) in [5, 5.41) is -0.363. The van der Waals surface area contributed by atoms with E-state index in [2.05, 4.69) is 19.7 Å². The van der Waals surface area contributed by atoms with Crippen LogP contribution >= 0.6 is 11.6 Å². The van der Waals surface area contributed by atoms with Crippen LogP contribution in [0.4, 0.5) is 4.39 Å².